The summed E-state index contributed by atoms with van der Waals surface area (Å²) in [6.45, 7) is 3.71. The van der Waals surface area contributed by atoms with Crippen LogP contribution in [-0.2, 0) is 9.53 Å². The molecule has 0 spiro atoms. The van der Waals surface area contributed by atoms with Crippen LogP contribution in [0.25, 0.3) is 0 Å². The molecule has 0 aromatic heterocycles. The molecular formula is C17H21F3N2O2. The topological polar surface area (TPSA) is 62.5 Å². The fraction of sp³-hybridized carbons (Fsp3) is 0.706. The summed E-state index contributed by atoms with van der Waals surface area (Å²) < 4.78 is 43.7. The number of hydrogen-bond donors (Lipinski definition) is 0. The summed E-state index contributed by atoms with van der Waals surface area (Å²) in [5, 5.41) is 9.01. The number of dihydropyridines is 1. The van der Waals surface area contributed by atoms with Crippen LogP contribution in [0, 0.1) is 34.5 Å². The Kier molecular flexibility index (Phi) is 5.49. The van der Waals surface area contributed by atoms with E-state index in [1.54, 1.807) is 6.08 Å². The lowest BCUT2D eigenvalue weighted by atomic mass is 9.69. The van der Waals surface area contributed by atoms with E-state index >= 15 is 0 Å². The maximum Gasteiger partial charge on any atom is 0.390 e. The van der Waals surface area contributed by atoms with Gasteiger partial charge in [0, 0.05) is 36.6 Å². The number of aliphatic imine (C=N–C) groups is 1. The van der Waals surface area contributed by atoms with Crippen LogP contribution in [-0.4, -0.2) is 37.9 Å². The van der Waals surface area contributed by atoms with Crippen LogP contribution >= 0.6 is 0 Å². The zero-order chi connectivity index (χ0) is 18.0. The molecule has 0 bridgehead atoms. The normalized spacial score (nSPS) is 28.2. The van der Waals surface area contributed by atoms with Gasteiger partial charge in [-0.15, -0.1) is 0 Å². The molecule has 2 aliphatic rings. The van der Waals surface area contributed by atoms with Gasteiger partial charge in [-0.1, -0.05) is 19.9 Å². The molecule has 3 atom stereocenters. The highest BCUT2D eigenvalue weighted by molar-refractivity contribution is 5.87. The van der Waals surface area contributed by atoms with Gasteiger partial charge < -0.3 is 4.74 Å². The number of hydrogen-bond acceptors (Lipinski definition) is 4. The summed E-state index contributed by atoms with van der Waals surface area (Å²) in [6, 6.07) is 2.03. The van der Waals surface area contributed by atoms with E-state index in [-0.39, 0.29) is 18.4 Å². The first-order chi connectivity index (χ1) is 11.1. The molecule has 0 aromatic carbocycles. The number of Topliss-reactive ketones (excluding diaryl/α,β-unsaturated/α-hetero) is 1. The van der Waals surface area contributed by atoms with E-state index in [4.69, 9.17) is 10.00 Å². The average Bonchev–Trinajstić information content (AvgIpc) is 2.52. The van der Waals surface area contributed by atoms with Crippen LogP contribution in [0.1, 0.15) is 26.7 Å². The maximum atomic E-state index is 12.8. The number of nitrogens with zero attached hydrogens (tertiary/aromatic N) is 2. The summed E-state index contributed by atoms with van der Waals surface area (Å²) in [5.41, 5.74) is -1.07. The van der Waals surface area contributed by atoms with E-state index in [1.165, 1.54) is 20.1 Å². The molecule has 0 aliphatic carbocycles. The molecule has 2 rings (SSSR count). The minimum absolute atomic E-state index is 0.121. The molecule has 0 aromatic rings. The van der Waals surface area contributed by atoms with Crippen LogP contribution in [0.4, 0.5) is 13.2 Å². The van der Waals surface area contributed by atoms with Gasteiger partial charge >= 0.3 is 6.18 Å². The lowest BCUT2D eigenvalue weighted by Crippen LogP contribution is -2.45. The Hall–Kier alpha value is -1.68. The number of ether oxygens (including phenoxy) is 1. The van der Waals surface area contributed by atoms with E-state index in [1.807, 2.05) is 6.07 Å². The van der Waals surface area contributed by atoms with Gasteiger partial charge in [-0.05, 0) is 12.3 Å². The molecule has 2 aliphatic heterocycles. The lowest BCUT2D eigenvalue weighted by molar-refractivity contribution is -0.169. The van der Waals surface area contributed by atoms with Gasteiger partial charge in [0.15, 0.2) is 0 Å². The average molecular weight is 342 g/mol. The number of halogens is 3. The first-order valence-electron chi connectivity index (χ1n) is 7.94. The smallest absolute Gasteiger partial charge is 0.381 e. The van der Waals surface area contributed by atoms with Gasteiger partial charge in [0.25, 0.3) is 0 Å². The Morgan fingerprint density at radius 1 is 1.46 bits per heavy atom. The summed E-state index contributed by atoms with van der Waals surface area (Å²) in [6.07, 6.45) is -1.70. The van der Waals surface area contributed by atoms with Crippen molar-refractivity contribution in [3.05, 3.63) is 11.6 Å². The molecule has 0 radical (unpaired) electrons. The molecule has 4 nitrogen and oxygen atoms in total. The van der Waals surface area contributed by atoms with Crippen molar-refractivity contribution >= 4 is 12.0 Å². The molecule has 1 fully saturated rings. The fourth-order valence-corrected chi connectivity index (χ4v) is 3.55. The predicted molar refractivity (Wildman–Crippen MR) is 82.4 cm³/mol. The first-order valence-corrected chi connectivity index (χ1v) is 7.94. The largest absolute Gasteiger partial charge is 0.390 e. The van der Waals surface area contributed by atoms with Crippen molar-refractivity contribution in [3.63, 3.8) is 0 Å². The fourth-order valence-electron chi connectivity index (χ4n) is 3.55. The van der Waals surface area contributed by atoms with Crippen LogP contribution < -0.4 is 0 Å². The number of carbonyl (C=O) groups excluding carboxylic acids is 1. The van der Waals surface area contributed by atoms with E-state index in [0.717, 1.165) is 0 Å². The third kappa shape index (κ3) is 4.44. The van der Waals surface area contributed by atoms with Crippen molar-refractivity contribution in [1.29, 1.82) is 5.26 Å². The van der Waals surface area contributed by atoms with E-state index in [2.05, 4.69) is 4.99 Å². The second kappa shape index (κ2) is 7.06. The Balaban J connectivity index is 2.20. The highest BCUT2D eigenvalue weighted by Crippen LogP contribution is 2.40. The Morgan fingerprint density at radius 2 is 2.17 bits per heavy atom. The molecule has 0 N–H and O–H groups in total. The van der Waals surface area contributed by atoms with E-state index in [9.17, 15) is 18.0 Å². The molecule has 0 saturated carbocycles. The van der Waals surface area contributed by atoms with Crippen molar-refractivity contribution in [2.75, 3.05) is 19.8 Å². The van der Waals surface area contributed by atoms with Gasteiger partial charge in [0.05, 0.1) is 18.6 Å². The minimum Gasteiger partial charge on any atom is -0.381 e. The molecule has 0 amide bonds. The van der Waals surface area contributed by atoms with Crippen molar-refractivity contribution in [2.24, 2.45) is 28.2 Å². The standard InChI is InChI=1S/C17H21F3N2O2/c1-16(2,10-17(18,19)20)15(23)14-9-24-4-3-13(14)12-5-11(6-21)7-22-8-12/h5,7,12-14H,3-4,8-10H2,1-2H3/t12-,13?,14?/m0/s1. The van der Waals surface area contributed by atoms with Gasteiger partial charge in [-0.25, -0.2) is 0 Å². The summed E-state index contributed by atoms with van der Waals surface area (Å²) in [4.78, 5) is 17.0. The van der Waals surface area contributed by atoms with E-state index in [0.29, 0.717) is 25.1 Å². The van der Waals surface area contributed by atoms with Crippen LogP contribution in [0.2, 0.25) is 0 Å². The highest BCUT2D eigenvalue weighted by atomic mass is 19.4. The minimum atomic E-state index is -4.40. The number of ketones is 1. The van der Waals surface area contributed by atoms with Gasteiger partial charge in [-0.2, -0.15) is 18.4 Å². The monoisotopic (exact) mass is 342 g/mol. The second-order valence-electron chi connectivity index (χ2n) is 7.07. The lowest BCUT2D eigenvalue weighted by Gasteiger charge is -2.39. The van der Waals surface area contributed by atoms with Crippen molar-refractivity contribution < 1.29 is 22.7 Å². The van der Waals surface area contributed by atoms with Crippen LogP contribution in [0.5, 0.6) is 0 Å². The van der Waals surface area contributed by atoms with Crippen LogP contribution in [0.15, 0.2) is 16.6 Å². The summed E-state index contributed by atoms with van der Waals surface area (Å²) >= 11 is 0. The van der Waals surface area contributed by atoms with Gasteiger partial charge in [-0.3, -0.25) is 9.79 Å². The molecule has 7 heteroatoms. The predicted octanol–water partition coefficient (Wildman–Crippen LogP) is 3.34. The number of carbonyl (C=O) groups is 1. The van der Waals surface area contributed by atoms with Crippen molar-refractivity contribution in [3.8, 4) is 6.07 Å². The Labute approximate surface area is 139 Å². The van der Waals surface area contributed by atoms with Crippen LogP contribution in [0.3, 0.4) is 0 Å². The molecule has 132 valence electrons. The molecule has 24 heavy (non-hydrogen) atoms. The Bertz CT molecular complexity index is 588. The Morgan fingerprint density at radius 3 is 2.79 bits per heavy atom. The second-order valence-corrected chi connectivity index (χ2v) is 7.07. The van der Waals surface area contributed by atoms with Crippen molar-refractivity contribution in [1.82, 2.24) is 0 Å². The molecular weight excluding hydrogens is 321 g/mol. The maximum absolute atomic E-state index is 12.8. The number of alkyl halides is 3. The first kappa shape index (κ1) is 18.7. The SMILES string of the molecule is CC(C)(CC(F)(F)F)C(=O)C1COCCC1[C@H]1C=C(C#N)C=NC1. The third-order valence-electron chi connectivity index (χ3n) is 4.68. The quantitative estimate of drug-likeness (QED) is 0.787. The summed E-state index contributed by atoms with van der Waals surface area (Å²) in [7, 11) is 0. The summed E-state index contributed by atoms with van der Waals surface area (Å²) in [5.74, 6) is -1.31. The molecule has 2 unspecified atom stereocenters. The third-order valence-corrected chi connectivity index (χ3v) is 4.68. The zero-order valence-corrected chi connectivity index (χ0v) is 13.8. The number of allylic oxidation sites excluding steroid dienone is 1. The van der Waals surface area contributed by atoms with E-state index < -0.39 is 29.7 Å². The number of nitriles is 1. The highest BCUT2D eigenvalue weighted by Gasteiger charge is 2.46. The zero-order valence-electron chi connectivity index (χ0n) is 13.8. The number of rotatable bonds is 4. The van der Waals surface area contributed by atoms with Crippen molar-refractivity contribution in [2.45, 2.75) is 32.9 Å². The molecule has 1 saturated heterocycles. The van der Waals surface area contributed by atoms with Gasteiger partial charge in [0.1, 0.15) is 11.9 Å². The molecule has 2 heterocycles. The van der Waals surface area contributed by atoms with Gasteiger partial charge in [0.2, 0.25) is 0 Å².